The Labute approximate surface area is 181 Å². The predicted octanol–water partition coefficient (Wildman–Crippen LogP) is 4.60. The number of nitrogens with one attached hydrogen (secondary N) is 1. The Bertz CT molecular complexity index is 721. The van der Waals surface area contributed by atoms with Crippen LogP contribution in [0.3, 0.4) is 0 Å². The van der Waals surface area contributed by atoms with Crippen LogP contribution in [0, 0.1) is 0 Å². The minimum Gasteiger partial charge on any atom is -0.445 e. The lowest BCUT2D eigenvalue weighted by Gasteiger charge is -2.29. The van der Waals surface area contributed by atoms with Crippen molar-refractivity contribution in [2.75, 3.05) is 19.6 Å². The largest absolute Gasteiger partial charge is 0.445 e. The van der Waals surface area contributed by atoms with E-state index in [4.69, 9.17) is 4.74 Å². The van der Waals surface area contributed by atoms with E-state index in [1.807, 2.05) is 55.5 Å². The van der Waals surface area contributed by atoms with Gasteiger partial charge in [0.2, 0.25) is 0 Å². The lowest BCUT2D eigenvalue weighted by Crippen LogP contribution is -2.50. The van der Waals surface area contributed by atoms with Crippen LogP contribution >= 0.6 is 0 Å². The van der Waals surface area contributed by atoms with Crippen molar-refractivity contribution in [3.8, 4) is 0 Å². The maximum absolute atomic E-state index is 12.5. The second kappa shape index (κ2) is 13.0. The van der Waals surface area contributed by atoms with Gasteiger partial charge in [0.1, 0.15) is 12.7 Å². The third kappa shape index (κ3) is 8.17. The molecule has 164 valence electrons. The summed E-state index contributed by atoms with van der Waals surface area (Å²) < 4.78 is 5.39. The van der Waals surface area contributed by atoms with E-state index >= 15 is 0 Å². The molecule has 1 aromatic rings. The number of ether oxygens (including phenoxy) is 1. The summed E-state index contributed by atoms with van der Waals surface area (Å²) in [5.41, 5.74) is 2.71. The smallest absolute Gasteiger partial charge is 0.407 e. The highest BCUT2D eigenvalue weighted by molar-refractivity contribution is 5.68. The first-order valence-corrected chi connectivity index (χ1v) is 10.9. The van der Waals surface area contributed by atoms with E-state index in [1.54, 1.807) is 0 Å². The molecule has 2 N–H and O–H groups in total. The Morgan fingerprint density at radius 3 is 2.60 bits per heavy atom. The molecular formula is C25H36N2O3. The summed E-state index contributed by atoms with van der Waals surface area (Å²) >= 11 is 0. The molecule has 1 aliphatic heterocycles. The van der Waals surface area contributed by atoms with Crippen molar-refractivity contribution >= 4 is 6.09 Å². The first kappa shape index (κ1) is 23.9. The van der Waals surface area contributed by atoms with Gasteiger partial charge in [-0.3, -0.25) is 0 Å². The zero-order valence-electron chi connectivity index (χ0n) is 18.3. The van der Waals surface area contributed by atoms with Gasteiger partial charge in [-0.05, 0) is 50.4 Å². The number of aliphatic hydroxyl groups is 1. The van der Waals surface area contributed by atoms with Gasteiger partial charge in [0, 0.05) is 6.54 Å². The molecule has 1 fully saturated rings. The summed E-state index contributed by atoms with van der Waals surface area (Å²) in [5, 5.41) is 14.0. The summed E-state index contributed by atoms with van der Waals surface area (Å²) in [7, 11) is 0. The Morgan fingerprint density at radius 1 is 1.27 bits per heavy atom. The molecule has 0 aliphatic carbocycles. The van der Waals surface area contributed by atoms with Gasteiger partial charge in [0.25, 0.3) is 0 Å². The highest BCUT2D eigenvalue weighted by atomic mass is 16.5. The van der Waals surface area contributed by atoms with E-state index in [1.165, 1.54) is 0 Å². The molecule has 1 aromatic carbocycles. The number of carbonyl (C=O) groups excluding carboxylic acids is 1. The number of carbonyl (C=O) groups is 1. The summed E-state index contributed by atoms with van der Waals surface area (Å²) in [6.07, 6.45) is 8.63. The molecule has 0 bridgehead atoms. The van der Waals surface area contributed by atoms with Crippen molar-refractivity contribution < 1.29 is 14.6 Å². The number of likely N-dealkylation sites (tertiary alicyclic amines) is 1. The van der Waals surface area contributed by atoms with Crippen LogP contribution in [-0.2, 0) is 11.3 Å². The Morgan fingerprint density at radius 2 is 1.97 bits per heavy atom. The first-order chi connectivity index (χ1) is 14.5. The first-order valence-electron chi connectivity index (χ1n) is 10.9. The fraction of sp³-hybridized carbons (Fsp3) is 0.480. The van der Waals surface area contributed by atoms with Crippen molar-refractivity contribution in [2.45, 2.75) is 58.3 Å². The topological polar surface area (TPSA) is 61.8 Å². The summed E-state index contributed by atoms with van der Waals surface area (Å²) in [6.45, 7) is 10.8. The molecule has 30 heavy (non-hydrogen) atoms. The van der Waals surface area contributed by atoms with E-state index < -0.39 is 18.2 Å². The maximum Gasteiger partial charge on any atom is 0.407 e. The third-order valence-corrected chi connectivity index (χ3v) is 5.31. The molecule has 2 atom stereocenters. The highest BCUT2D eigenvalue weighted by Gasteiger charge is 2.27. The van der Waals surface area contributed by atoms with Crippen molar-refractivity contribution in [2.24, 2.45) is 0 Å². The van der Waals surface area contributed by atoms with Crippen molar-refractivity contribution in [3.05, 3.63) is 71.8 Å². The van der Waals surface area contributed by atoms with Crippen LogP contribution < -0.4 is 5.32 Å². The number of amides is 1. The summed E-state index contributed by atoms with van der Waals surface area (Å²) in [6, 6.07) is 9.11. The number of hydrogen-bond acceptors (Lipinski definition) is 4. The molecule has 5 nitrogen and oxygen atoms in total. The van der Waals surface area contributed by atoms with Gasteiger partial charge in [-0.2, -0.15) is 0 Å². The fourth-order valence-corrected chi connectivity index (χ4v) is 3.60. The van der Waals surface area contributed by atoms with Crippen LogP contribution in [0.5, 0.6) is 0 Å². The Hall–Kier alpha value is -2.37. The number of alkyl carbamates (subject to hydrolysis) is 1. The quantitative estimate of drug-likeness (QED) is 0.522. The Kier molecular flexibility index (Phi) is 10.4. The van der Waals surface area contributed by atoms with E-state index in [2.05, 4.69) is 23.7 Å². The molecule has 0 unspecified atom stereocenters. The molecule has 1 heterocycles. The standard InChI is InChI=1S/C25H36N2O3/c1-4-11-20(3)14-15-22(5-2)24(28)23(18-27-16-9-10-17-27)26-25(29)30-19-21-12-7-6-8-13-21/h5-8,12-15,23-24,28H,3-4,9-11,16-19H2,1-2H3,(H,26,29)/b15-14-,22-5+/t23-,24-/m1/s1. The minimum absolute atomic E-state index is 0.201. The SMILES string of the molecule is C=C(/C=C\C(=C/C)[C@@H](O)[C@@H](CN1CCCC1)NC(=O)OCc1ccccc1)CCC. The summed E-state index contributed by atoms with van der Waals surface area (Å²) in [5.74, 6) is 0. The molecule has 0 radical (unpaired) electrons. The van der Waals surface area contributed by atoms with Crippen LogP contribution in [0.25, 0.3) is 0 Å². The number of hydrogen-bond donors (Lipinski definition) is 2. The van der Waals surface area contributed by atoms with Gasteiger partial charge in [0.05, 0.1) is 6.04 Å². The second-order valence-corrected chi connectivity index (χ2v) is 7.80. The van der Waals surface area contributed by atoms with Gasteiger partial charge in [-0.25, -0.2) is 4.79 Å². The molecule has 0 saturated carbocycles. The second-order valence-electron chi connectivity index (χ2n) is 7.80. The molecule has 1 aliphatic rings. The number of rotatable bonds is 11. The van der Waals surface area contributed by atoms with Crippen molar-refractivity contribution in [1.82, 2.24) is 10.2 Å². The van der Waals surface area contributed by atoms with Crippen LogP contribution in [0.4, 0.5) is 4.79 Å². The van der Waals surface area contributed by atoms with Gasteiger partial charge in [-0.1, -0.05) is 74.1 Å². The van der Waals surface area contributed by atoms with Gasteiger partial charge in [0.15, 0.2) is 0 Å². The number of nitrogens with zero attached hydrogens (tertiary/aromatic N) is 1. The maximum atomic E-state index is 12.5. The van der Waals surface area contributed by atoms with Crippen molar-refractivity contribution in [1.29, 1.82) is 0 Å². The zero-order valence-corrected chi connectivity index (χ0v) is 18.3. The van der Waals surface area contributed by atoms with Gasteiger partial charge >= 0.3 is 6.09 Å². The average molecular weight is 413 g/mol. The average Bonchev–Trinajstić information content (AvgIpc) is 3.26. The molecule has 0 spiro atoms. The van der Waals surface area contributed by atoms with Gasteiger partial charge < -0.3 is 20.1 Å². The number of aliphatic hydroxyl groups excluding tert-OH is 1. The normalized spacial score (nSPS) is 17.1. The fourth-order valence-electron chi connectivity index (χ4n) is 3.60. The summed E-state index contributed by atoms with van der Waals surface area (Å²) in [4.78, 5) is 14.7. The van der Waals surface area contributed by atoms with E-state index in [0.29, 0.717) is 6.54 Å². The lowest BCUT2D eigenvalue weighted by atomic mass is 10.00. The third-order valence-electron chi connectivity index (χ3n) is 5.31. The van der Waals surface area contributed by atoms with E-state index in [-0.39, 0.29) is 6.61 Å². The van der Waals surface area contributed by atoms with Crippen LogP contribution in [0.2, 0.25) is 0 Å². The molecule has 1 amide bonds. The lowest BCUT2D eigenvalue weighted by molar-refractivity contribution is 0.105. The minimum atomic E-state index is -0.828. The molecular weight excluding hydrogens is 376 g/mol. The molecule has 1 saturated heterocycles. The molecule has 0 aromatic heterocycles. The Balaban J connectivity index is 2.02. The molecule has 2 rings (SSSR count). The van der Waals surface area contributed by atoms with Crippen LogP contribution in [0.1, 0.15) is 45.1 Å². The number of allylic oxidation sites excluding steroid dienone is 3. The molecule has 5 heteroatoms. The van der Waals surface area contributed by atoms with Gasteiger partial charge in [-0.15, -0.1) is 0 Å². The van der Waals surface area contributed by atoms with Crippen molar-refractivity contribution in [3.63, 3.8) is 0 Å². The van der Waals surface area contributed by atoms with Crippen LogP contribution in [-0.4, -0.2) is 47.9 Å². The predicted molar refractivity (Wildman–Crippen MR) is 122 cm³/mol. The number of benzene rings is 1. The van der Waals surface area contributed by atoms with Crippen LogP contribution in [0.15, 0.2) is 66.3 Å². The van der Waals surface area contributed by atoms with E-state index in [0.717, 1.165) is 55.5 Å². The highest BCUT2D eigenvalue weighted by Crippen LogP contribution is 2.16. The zero-order chi connectivity index (χ0) is 21.8. The monoisotopic (exact) mass is 412 g/mol. The van der Waals surface area contributed by atoms with E-state index in [9.17, 15) is 9.90 Å².